The first-order chi connectivity index (χ1) is 15.4. The van der Waals surface area contributed by atoms with Crippen LogP contribution in [0, 0.1) is 0 Å². The predicted octanol–water partition coefficient (Wildman–Crippen LogP) is 5.72. The van der Waals surface area contributed by atoms with Gasteiger partial charge in [-0.3, -0.25) is 0 Å². The molecule has 3 N–H and O–H groups in total. The molecule has 33 heavy (non-hydrogen) atoms. The van der Waals surface area contributed by atoms with Gasteiger partial charge in [0.2, 0.25) is 0 Å². The molecule has 3 nitrogen and oxygen atoms in total. The van der Waals surface area contributed by atoms with Gasteiger partial charge >= 0.3 is 12.4 Å². The number of aliphatic hydroxyl groups is 3. The zero-order valence-electron chi connectivity index (χ0n) is 17.7. The Morgan fingerprint density at radius 2 is 1.52 bits per heavy atom. The molecule has 0 aliphatic carbocycles. The van der Waals surface area contributed by atoms with Crippen molar-refractivity contribution in [1.29, 1.82) is 0 Å². The maximum absolute atomic E-state index is 12.8. The SMILES string of the molecule is CC/C(=C/C=C/C(O)(C(F)(F)F)C(F)(F)F)c1cc(CCc2ccc(CO)c(CO)c2)cs1. The number of hydrogen-bond acceptors (Lipinski definition) is 4. The number of halogens is 6. The summed E-state index contributed by atoms with van der Waals surface area (Å²) in [5, 5.41) is 29.7. The van der Waals surface area contributed by atoms with Crippen molar-refractivity contribution in [3.05, 3.63) is 75.0 Å². The van der Waals surface area contributed by atoms with Gasteiger partial charge in [0.1, 0.15) is 0 Å². The van der Waals surface area contributed by atoms with E-state index in [-0.39, 0.29) is 19.3 Å². The minimum absolute atomic E-state index is 0.173. The highest BCUT2D eigenvalue weighted by Gasteiger charge is 2.68. The van der Waals surface area contributed by atoms with Crippen LogP contribution in [0.15, 0.2) is 47.9 Å². The molecular formula is C23H24F6O3S. The van der Waals surface area contributed by atoms with Crippen LogP contribution in [-0.4, -0.2) is 33.3 Å². The Kier molecular flexibility index (Phi) is 8.92. The van der Waals surface area contributed by atoms with Crippen LogP contribution in [0.25, 0.3) is 5.57 Å². The van der Waals surface area contributed by atoms with Gasteiger partial charge in [-0.25, -0.2) is 0 Å². The molecule has 0 radical (unpaired) electrons. The first-order valence-electron chi connectivity index (χ1n) is 10.0. The first kappa shape index (κ1) is 27.1. The fourth-order valence-corrected chi connectivity index (χ4v) is 4.17. The van der Waals surface area contributed by atoms with Crippen LogP contribution in [0.4, 0.5) is 26.3 Å². The second kappa shape index (κ2) is 10.9. The zero-order chi connectivity index (χ0) is 24.9. The molecule has 0 saturated carbocycles. The van der Waals surface area contributed by atoms with Crippen molar-refractivity contribution in [2.24, 2.45) is 0 Å². The van der Waals surface area contributed by atoms with E-state index in [4.69, 9.17) is 0 Å². The second-order valence-electron chi connectivity index (χ2n) is 7.40. The smallest absolute Gasteiger partial charge is 0.392 e. The molecule has 0 atom stereocenters. The number of benzene rings is 1. The highest BCUT2D eigenvalue weighted by atomic mass is 32.1. The first-order valence-corrected chi connectivity index (χ1v) is 10.9. The minimum atomic E-state index is -5.90. The van der Waals surface area contributed by atoms with Crippen LogP contribution < -0.4 is 0 Å². The van der Waals surface area contributed by atoms with Crippen molar-refractivity contribution in [3.8, 4) is 0 Å². The number of rotatable bonds is 9. The van der Waals surface area contributed by atoms with Crippen LogP contribution in [0.3, 0.4) is 0 Å². The average Bonchev–Trinajstić information content (AvgIpc) is 3.22. The van der Waals surface area contributed by atoms with Gasteiger partial charge in [0.15, 0.2) is 0 Å². The molecule has 2 aromatic rings. The van der Waals surface area contributed by atoms with Gasteiger partial charge in [-0.05, 0) is 64.6 Å². The van der Waals surface area contributed by atoms with Crippen LogP contribution in [-0.2, 0) is 26.1 Å². The van der Waals surface area contributed by atoms with Gasteiger partial charge in [0.05, 0.1) is 13.2 Å². The van der Waals surface area contributed by atoms with E-state index in [0.717, 1.165) is 17.2 Å². The lowest BCUT2D eigenvalue weighted by Crippen LogP contribution is -2.55. The molecule has 1 aromatic carbocycles. The number of thiophene rings is 1. The van der Waals surface area contributed by atoms with E-state index >= 15 is 0 Å². The predicted molar refractivity (Wildman–Crippen MR) is 114 cm³/mol. The van der Waals surface area contributed by atoms with E-state index < -0.39 is 18.0 Å². The Balaban J connectivity index is 2.15. The Morgan fingerprint density at radius 3 is 2.06 bits per heavy atom. The third-order valence-corrected chi connectivity index (χ3v) is 6.22. The minimum Gasteiger partial charge on any atom is -0.392 e. The number of allylic oxidation sites excluding steroid dienone is 3. The lowest BCUT2D eigenvalue weighted by atomic mass is 10.00. The fourth-order valence-electron chi connectivity index (χ4n) is 3.13. The molecule has 0 bridgehead atoms. The summed E-state index contributed by atoms with van der Waals surface area (Å²) in [4.78, 5) is 0.700. The summed E-state index contributed by atoms with van der Waals surface area (Å²) in [6.07, 6.45) is -8.72. The van der Waals surface area contributed by atoms with Crippen LogP contribution in [0.2, 0.25) is 0 Å². The molecule has 0 aliphatic heterocycles. The molecule has 0 fully saturated rings. The van der Waals surface area contributed by atoms with Gasteiger partial charge in [0, 0.05) is 4.88 Å². The zero-order valence-corrected chi connectivity index (χ0v) is 18.5. The number of aryl methyl sites for hydroxylation is 2. The largest absolute Gasteiger partial charge is 0.430 e. The van der Waals surface area contributed by atoms with Crippen LogP contribution >= 0.6 is 11.3 Å². The van der Waals surface area contributed by atoms with Gasteiger partial charge in [-0.15, -0.1) is 11.3 Å². The Hall–Kier alpha value is -2.14. The Labute approximate surface area is 191 Å². The normalized spacial score (nSPS) is 13.8. The maximum Gasteiger partial charge on any atom is 0.430 e. The number of hydrogen-bond donors (Lipinski definition) is 3. The van der Waals surface area contributed by atoms with E-state index in [1.54, 1.807) is 13.0 Å². The second-order valence-corrected chi connectivity index (χ2v) is 8.32. The van der Waals surface area contributed by atoms with E-state index in [2.05, 4.69) is 0 Å². The van der Waals surface area contributed by atoms with Gasteiger partial charge in [-0.1, -0.05) is 37.3 Å². The molecule has 2 rings (SSSR count). The lowest BCUT2D eigenvalue weighted by molar-refractivity contribution is -0.347. The van der Waals surface area contributed by atoms with Crippen molar-refractivity contribution in [2.75, 3.05) is 0 Å². The molecule has 0 aliphatic rings. The molecule has 0 spiro atoms. The van der Waals surface area contributed by atoms with E-state index in [9.17, 15) is 41.7 Å². The Bertz CT molecular complexity index is 975. The molecule has 182 valence electrons. The van der Waals surface area contributed by atoms with Crippen molar-refractivity contribution in [3.63, 3.8) is 0 Å². The van der Waals surface area contributed by atoms with E-state index in [1.165, 1.54) is 11.3 Å². The van der Waals surface area contributed by atoms with Crippen molar-refractivity contribution >= 4 is 16.9 Å². The van der Waals surface area contributed by atoms with Crippen molar-refractivity contribution in [2.45, 2.75) is 57.4 Å². The quantitative estimate of drug-likeness (QED) is 0.309. The molecular weight excluding hydrogens is 470 g/mol. The molecule has 0 amide bonds. The van der Waals surface area contributed by atoms with Gasteiger partial charge in [0.25, 0.3) is 5.60 Å². The maximum atomic E-state index is 12.8. The molecule has 10 heteroatoms. The number of aliphatic hydroxyl groups excluding tert-OH is 2. The number of alkyl halides is 6. The summed E-state index contributed by atoms with van der Waals surface area (Å²) in [7, 11) is 0. The standard InChI is InChI=1S/C23H24F6O3S/c1-2-17(4-3-9-21(32,22(24,25)26)23(27,28)29)20-11-16(14-33-20)6-5-15-7-8-18(12-30)19(10-15)13-31/h3-4,7-11,14,30-32H,2,5-6,12-13H2,1H3/b9-3+,17-4-. The van der Waals surface area contributed by atoms with Crippen molar-refractivity contribution in [1.82, 2.24) is 0 Å². The summed E-state index contributed by atoms with van der Waals surface area (Å²) in [6.45, 7) is 1.36. The molecule has 1 heterocycles. The Morgan fingerprint density at radius 1 is 0.909 bits per heavy atom. The van der Waals surface area contributed by atoms with Crippen LogP contribution in [0.5, 0.6) is 0 Å². The highest BCUT2D eigenvalue weighted by Crippen LogP contribution is 2.44. The summed E-state index contributed by atoms with van der Waals surface area (Å²) in [5.41, 5.74) is -1.21. The van der Waals surface area contributed by atoms with Crippen LogP contribution in [0.1, 0.15) is 40.5 Å². The van der Waals surface area contributed by atoms with Crippen molar-refractivity contribution < 1.29 is 41.7 Å². The van der Waals surface area contributed by atoms with Gasteiger partial charge in [-0.2, -0.15) is 26.3 Å². The summed E-state index contributed by atoms with van der Waals surface area (Å²) >= 11 is 1.32. The fraction of sp³-hybridized carbons (Fsp3) is 0.391. The molecule has 1 aromatic heterocycles. The van der Waals surface area contributed by atoms with E-state index in [0.29, 0.717) is 46.9 Å². The molecule has 0 unspecified atom stereocenters. The monoisotopic (exact) mass is 494 g/mol. The third kappa shape index (κ3) is 6.47. The highest BCUT2D eigenvalue weighted by molar-refractivity contribution is 7.11. The average molecular weight is 494 g/mol. The topological polar surface area (TPSA) is 60.7 Å². The third-order valence-electron chi connectivity index (χ3n) is 5.16. The summed E-state index contributed by atoms with van der Waals surface area (Å²) < 4.78 is 76.7. The summed E-state index contributed by atoms with van der Waals surface area (Å²) in [6, 6.07) is 7.22. The molecule has 0 saturated heterocycles. The van der Waals surface area contributed by atoms with Gasteiger partial charge < -0.3 is 15.3 Å². The lowest BCUT2D eigenvalue weighted by Gasteiger charge is -2.29. The summed E-state index contributed by atoms with van der Waals surface area (Å²) in [5.74, 6) is 0. The van der Waals surface area contributed by atoms with E-state index in [1.807, 2.05) is 23.6 Å².